The summed E-state index contributed by atoms with van der Waals surface area (Å²) in [6.45, 7) is 0. The highest BCUT2D eigenvalue weighted by molar-refractivity contribution is 6.26. The first-order chi connectivity index (χ1) is 28.3. The van der Waals surface area contributed by atoms with Crippen LogP contribution in [0.4, 0.5) is 17.1 Å². The Morgan fingerprint density at radius 2 is 1.04 bits per heavy atom. The number of rotatable bonds is 5. The smallest absolute Gasteiger partial charge is 0.227 e. The third kappa shape index (κ3) is 4.84. The molecular weight excluding hydrogens is 695 g/mol. The molecule has 12 aromatic rings. The minimum Gasteiger partial charge on any atom is -0.434 e. The van der Waals surface area contributed by atoms with Crippen molar-refractivity contribution < 1.29 is 4.42 Å². The zero-order valence-electron chi connectivity index (χ0n) is 30.8. The molecule has 0 radical (unpaired) electrons. The van der Waals surface area contributed by atoms with Gasteiger partial charge in [0.05, 0.1) is 28.1 Å². The van der Waals surface area contributed by atoms with E-state index in [0.717, 1.165) is 61.1 Å². The number of nitrogens with zero attached hydrogens (tertiary/aromatic N) is 3. The molecule has 0 amide bonds. The van der Waals surface area contributed by atoms with Gasteiger partial charge in [0.15, 0.2) is 5.58 Å². The molecule has 0 fully saturated rings. The van der Waals surface area contributed by atoms with Gasteiger partial charge in [-0.2, -0.15) is 0 Å². The minimum atomic E-state index is 0.594. The molecule has 0 N–H and O–H groups in total. The predicted molar refractivity (Wildman–Crippen MR) is 238 cm³/mol. The Labute approximate surface area is 328 Å². The molecule has 4 heteroatoms. The van der Waals surface area contributed by atoms with E-state index in [4.69, 9.17) is 9.40 Å². The summed E-state index contributed by atoms with van der Waals surface area (Å²) in [7, 11) is 0. The zero-order chi connectivity index (χ0) is 37.5. The van der Waals surface area contributed by atoms with E-state index >= 15 is 0 Å². The molecule has 0 saturated heterocycles. The summed E-state index contributed by atoms with van der Waals surface area (Å²) in [5, 5.41) is 11.8. The van der Waals surface area contributed by atoms with E-state index in [1.54, 1.807) is 0 Å². The maximum atomic E-state index is 6.94. The molecule has 0 aliphatic carbocycles. The third-order valence-corrected chi connectivity index (χ3v) is 11.5. The second-order valence-corrected chi connectivity index (χ2v) is 14.7. The number of hydrogen-bond donors (Lipinski definition) is 0. The van der Waals surface area contributed by atoms with Gasteiger partial charge in [-0.15, -0.1) is 0 Å². The second-order valence-electron chi connectivity index (χ2n) is 14.7. The van der Waals surface area contributed by atoms with Crippen LogP contribution >= 0.6 is 0 Å². The van der Waals surface area contributed by atoms with Crippen LogP contribution in [0.5, 0.6) is 0 Å². The molecule has 0 spiro atoms. The summed E-state index contributed by atoms with van der Waals surface area (Å²) in [4.78, 5) is 7.55. The first-order valence-corrected chi connectivity index (χ1v) is 19.4. The average molecular weight is 728 g/mol. The van der Waals surface area contributed by atoms with Gasteiger partial charge in [-0.05, 0) is 86.9 Å². The van der Waals surface area contributed by atoms with Gasteiger partial charge >= 0.3 is 0 Å². The van der Waals surface area contributed by atoms with Gasteiger partial charge in [-0.3, -0.25) is 0 Å². The standard InChI is InChI=1S/C53H33N3O/c1-2-18-38(19-3-1)55-46-27-13-12-25-44(46)51-43-24-11-10-23-42(43)49(33-50(51)55)56(48-32-36-17-6-7-20-39(36)40-21-8-9-22-41(40)48)47-28-14-26-45-52(47)57-53(54-45)37-30-29-34-15-4-5-16-35(34)31-37/h1-33H. The van der Waals surface area contributed by atoms with E-state index in [9.17, 15) is 0 Å². The van der Waals surface area contributed by atoms with Gasteiger partial charge in [0.2, 0.25) is 5.89 Å². The molecule has 57 heavy (non-hydrogen) atoms. The van der Waals surface area contributed by atoms with Crippen molar-refractivity contribution in [1.29, 1.82) is 0 Å². The Bertz CT molecular complexity index is 3540. The van der Waals surface area contributed by atoms with Crippen LogP contribution in [0.25, 0.3) is 93.1 Å². The van der Waals surface area contributed by atoms with Crippen LogP contribution in [0.1, 0.15) is 0 Å². The summed E-state index contributed by atoms with van der Waals surface area (Å²) in [6.07, 6.45) is 0. The van der Waals surface area contributed by atoms with Crippen molar-refractivity contribution in [2.75, 3.05) is 4.90 Å². The topological polar surface area (TPSA) is 34.2 Å². The van der Waals surface area contributed by atoms with Gasteiger partial charge in [-0.25, -0.2) is 4.98 Å². The van der Waals surface area contributed by atoms with Crippen LogP contribution in [-0.4, -0.2) is 9.55 Å². The van der Waals surface area contributed by atoms with Crippen LogP contribution in [0.15, 0.2) is 205 Å². The highest BCUT2D eigenvalue weighted by atomic mass is 16.3. The van der Waals surface area contributed by atoms with Crippen molar-refractivity contribution in [3.05, 3.63) is 200 Å². The van der Waals surface area contributed by atoms with Gasteiger partial charge in [-0.1, -0.05) is 146 Å². The largest absolute Gasteiger partial charge is 0.434 e. The van der Waals surface area contributed by atoms with Crippen molar-refractivity contribution >= 4 is 93.1 Å². The van der Waals surface area contributed by atoms with E-state index < -0.39 is 0 Å². The highest BCUT2D eigenvalue weighted by Crippen LogP contribution is 2.49. The number of fused-ring (bicyclic) bond motifs is 10. The molecule has 2 aromatic heterocycles. The Kier molecular flexibility index (Phi) is 6.89. The molecule has 0 bridgehead atoms. The van der Waals surface area contributed by atoms with E-state index in [0.29, 0.717) is 5.89 Å². The molecule has 2 heterocycles. The first kappa shape index (κ1) is 31.6. The summed E-state index contributed by atoms with van der Waals surface area (Å²) in [5.74, 6) is 0.594. The van der Waals surface area contributed by atoms with E-state index in [-0.39, 0.29) is 0 Å². The van der Waals surface area contributed by atoms with Crippen molar-refractivity contribution in [3.63, 3.8) is 0 Å². The lowest BCUT2D eigenvalue weighted by Gasteiger charge is -2.29. The summed E-state index contributed by atoms with van der Waals surface area (Å²) in [5.41, 5.74) is 8.92. The van der Waals surface area contributed by atoms with Crippen molar-refractivity contribution in [2.45, 2.75) is 0 Å². The van der Waals surface area contributed by atoms with Gasteiger partial charge in [0.25, 0.3) is 0 Å². The summed E-state index contributed by atoms with van der Waals surface area (Å²) < 4.78 is 9.35. The van der Waals surface area contributed by atoms with Crippen molar-refractivity contribution in [2.24, 2.45) is 0 Å². The highest BCUT2D eigenvalue weighted by Gasteiger charge is 2.26. The minimum absolute atomic E-state index is 0.594. The Morgan fingerprint density at radius 3 is 1.86 bits per heavy atom. The number of para-hydroxylation sites is 3. The molecule has 0 aliphatic heterocycles. The zero-order valence-corrected chi connectivity index (χ0v) is 30.8. The lowest BCUT2D eigenvalue weighted by atomic mass is 9.97. The van der Waals surface area contributed by atoms with Crippen LogP contribution in [0.2, 0.25) is 0 Å². The van der Waals surface area contributed by atoms with E-state index in [1.807, 2.05) is 0 Å². The summed E-state index contributed by atoms with van der Waals surface area (Å²) >= 11 is 0. The lowest BCUT2D eigenvalue weighted by Crippen LogP contribution is -2.12. The Morgan fingerprint density at radius 1 is 0.404 bits per heavy atom. The van der Waals surface area contributed by atoms with Crippen LogP contribution in [0, 0.1) is 0 Å². The fourth-order valence-electron chi connectivity index (χ4n) is 9.02. The van der Waals surface area contributed by atoms with Crippen LogP contribution in [-0.2, 0) is 0 Å². The van der Waals surface area contributed by atoms with Gasteiger partial charge < -0.3 is 13.9 Å². The molecule has 0 saturated carbocycles. The van der Waals surface area contributed by atoms with Crippen LogP contribution in [0.3, 0.4) is 0 Å². The molecule has 4 nitrogen and oxygen atoms in total. The lowest BCUT2D eigenvalue weighted by molar-refractivity contribution is 0.620. The third-order valence-electron chi connectivity index (χ3n) is 11.5. The van der Waals surface area contributed by atoms with Gasteiger partial charge in [0, 0.05) is 32.8 Å². The first-order valence-electron chi connectivity index (χ1n) is 19.4. The second kappa shape index (κ2) is 12.4. The molecule has 0 atom stereocenters. The Hall–Kier alpha value is -7.69. The normalized spacial score (nSPS) is 11.9. The van der Waals surface area contributed by atoms with Crippen molar-refractivity contribution in [1.82, 2.24) is 9.55 Å². The average Bonchev–Trinajstić information content (AvgIpc) is 3.87. The number of benzene rings is 10. The van der Waals surface area contributed by atoms with E-state index in [2.05, 4.69) is 210 Å². The number of aromatic nitrogens is 2. The predicted octanol–water partition coefficient (Wildman–Crippen LogP) is 14.7. The summed E-state index contributed by atoms with van der Waals surface area (Å²) in [6, 6.07) is 71.6. The molecule has 0 aliphatic rings. The maximum absolute atomic E-state index is 6.94. The molecule has 266 valence electrons. The maximum Gasteiger partial charge on any atom is 0.227 e. The van der Waals surface area contributed by atoms with Crippen molar-refractivity contribution in [3.8, 4) is 17.1 Å². The van der Waals surface area contributed by atoms with Gasteiger partial charge in [0.1, 0.15) is 5.52 Å². The SMILES string of the molecule is c1ccc(-n2c3ccccc3c3c4ccccc4c(N(c4cc5ccccc5c5ccccc45)c4cccc5nc(-c6ccc7ccccc7c6)oc45)cc32)cc1. The number of oxazole rings is 1. The Balaban J connectivity index is 1.22. The molecule has 12 rings (SSSR count). The quantitative estimate of drug-likeness (QED) is 0.166. The monoisotopic (exact) mass is 727 g/mol. The van der Waals surface area contributed by atoms with Crippen LogP contribution < -0.4 is 4.90 Å². The number of anilines is 3. The molecular formula is C53H33N3O. The van der Waals surface area contributed by atoms with E-state index in [1.165, 1.54) is 43.2 Å². The fraction of sp³-hybridized carbons (Fsp3) is 0. The number of hydrogen-bond acceptors (Lipinski definition) is 3. The molecule has 0 unspecified atom stereocenters. The molecule has 10 aromatic carbocycles. The fourth-order valence-corrected chi connectivity index (χ4v) is 9.02.